The Hall–Kier alpha value is -2.47. The molecule has 2 aromatic rings. The highest BCUT2D eigenvalue weighted by atomic mass is 16.1. The third kappa shape index (κ3) is 4.76. The van der Waals surface area contributed by atoms with Crippen LogP contribution >= 0.6 is 0 Å². The summed E-state index contributed by atoms with van der Waals surface area (Å²) in [5, 5.41) is 2.72. The Bertz CT molecular complexity index is 706. The van der Waals surface area contributed by atoms with Crippen LogP contribution in [0.1, 0.15) is 25.3 Å². The summed E-state index contributed by atoms with van der Waals surface area (Å²) >= 11 is 0. The van der Waals surface area contributed by atoms with Crippen LogP contribution in [0, 0.1) is 0 Å². The lowest BCUT2D eigenvalue weighted by Gasteiger charge is -2.38. The maximum Gasteiger partial charge on any atom is 0.222 e. The molecule has 0 bridgehead atoms. The van der Waals surface area contributed by atoms with Crippen LogP contribution in [-0.4, -0.2) is 47.0 Å². The molecule has 25 heavy (non-hydrogen) atoms. The van der Waals surface area contributed by atoms with Gasteiger partial charge in [0.2, 0.25) is 5.91 Å². The molecule has 1 aliphatic heterocycles. The Morgan fingerprint density at radius 2 is 2.12 bits per heavy atom. The van der Waals surface area contributed by atoms with Crippen molar-refractivity contribution in [1.82, 2.24) is 14.9 Å². The average Bonchev–Trinajstić information content (AvgIpc) is 2.62. The summed E-state index contributed by atoms with van der Waals surface area (Å²) in [6.07, 6.45) is 3.81. The van der Waals surface area contributed by atoms with Crippen molar-refractivity contribution in [3.05, 3.63) is 48.3 Å². The molecule has 1 fully saturated rings. The van der Waals surface area contributed by atoms with E-state index in [9.17, 15) is 4.79 Å². The molecule has 2 heterocycles. The molecule has 1 aromatic heterocycles. The van der Waals surface area contributed by atoms with E-state index in [4.69, 9.17) is 0 Å². The zero-order valence-corrected chi connectivity index (χ0v) is 14.9. The van der Waals surface area contributed by atoms with Gasteiger partial charge in [0.1, 0.15) is 18.0 Å². The van der Waals surface area contributed by atoms with Gasteiger partial charge in [-0.3, -0.25) is 9.69 Å². The summed E-state index contributed by atoms with van der Waals surface area (Å²) in [5.41, 5.74) is 1.35. The minimum absolute atomic E-state index is 0.126. The zero-order valence-electron chi connectivity index (χ0n) is 14.9. The summed E-state index contributed by atoms with van der Waals surface area (Å²) in [7, 11) is 2.07. The Morgan fingerprint density at radius 1 is 1.32 bits per heavy atom. The van der Waals surface area contributed by atoms with Crippen LogP contribution in [0.5, 0.6) is 0 Å². The second kappa shape index (κ2) is 8.07. The first-order valence-corrected chi connectivity index (χ1v) is 8.70. The van der Waals surface area contributed by atoms with Gasteiger partial charge >= 0.3 is 0 Å². The number of likely N-dealkylation sites (N-methyl/N-ethyl adjacent to an activating group) is 1. The lowest BCUT2D eigenvalue weighted by molar-refractivity contribution is -0.114. The molecule has 0 radical (unpaired) electrons. The predicted molar refractivity (Wildman–Crippen MR) is 99.5 cm³/mol. The summed E-state index contributed by atoms with van der Waals surface area (Å²) in [6, 6.07) is 12.8. The van der Waals surface area contributed by atoms with Crippen molar-refractivity contribution in [3.8, 4) is 0 Å². The molecule has 0 aliphatic carbocycles. The molecule has 3 rings (SSSR count). The van der Waals surface area contributed by atoms with Crippen molar-refractivity contribution < 1.29 is 4.79 Å². The number of piperidine rings is 1. The van der Waals surface area contributed by atoms with E-state index in [0.29, 0.717) is 11.9 Å². The number of carbonyl (C=O) groups is 1. The number of likely N-dealkylation sites (tertiary alicyclic amines) is 1. The average molecular weight is 339 g/mol. The molecular weight excluding hydrogens is 314 g/mol. The smallest absolute Gasteiger partial charge is 0.222 e. The van der Waals surface area contributed by atoms with E-state index in [-0.39, 0.29) is 5.91 Å². The van der Waals surface area contributed by atoms with Crippen molar-refractivity contribution in [2.24, 2.45) is 0 Å². The quantitative estimate of drug-likeness (QED) is 0.907. The first kappa shape index (κ1) is 17.4. The van der Waals surface area contributed by atoms with E-state index in [1.165, 1.54) is 25.2 Å². The third-order valence-corrected chi connectivity index (χ3v) is 4.60. The van der Waals surface area contributed by atoms with Crippen molar-refractivity contribution in [3.63, 3.8) is 0 Å². The number of carbonyl (C=O) groups excluding carboxylic acids is 1. The molecule has 0 saturated carbocycles. The van der Waals surface area contributed by atoms with E-state index in [1.807, 2.05) is 6.07 Å². The van der Waals surface area contributed by atoms with Crippen molar-refractivity contribution in [2.75, 3.05) is 30.4 Å². The monoisotopic (exact) mass is 339 g/mol. The predicted octanol–water partition coefficient (Wildman–Crippen LogP) is 2.54. The molecule has 1 N–H and O–H groups in total. The van der Waals surface area contributed by atoms with Gasteiger partial charge in [-0.25, -0.2) is 9.97 Å². The third-order valence-electron chi connectivity index (χ3n) is 4.60. The number of anilines is 2. The Morgan fingerprint density at radius 3 is 2.88 bits per heavy atom. The minimum atomic E-state index is -0.126. The Labute approximate surface area is 148 Å². The first-order chi connectivity index (χ1) is 12.1. The number of aromatic nitrogens is 2. The van der Waals surface area contributed by atoms with Gasteiger partial charge in [-0.2, -0.15) is 0 Å². The Kier molecular flexibility index (Phi) is 5.60. The fraction of sp³-hybridized carbons (Fsp3) is 0.421. The summed E-state index contributed by atoms with van der Waals surface area (Å²) in [4.78, 5) is 24.4. The number of rotatable bonds is 5. The normalized spacial score (nSPS) is 17.9. The molecule has 1 aliphatic rings. The SMILES string of the molecule is CC(=O)Nc1cc(N(C)C2CCCN(Cc3ccccc3)C2)ncn1. The lowest BCUT2D eigenvalue weighted by Crippen LogP contribution is -2.46. The number of hydrogen-bond acceptors (Lipinski definition) is 5. The molecule has 1 saturated heterocycles. The highest BCUT2D eigenvalue weighted by molar-refractivity contribution is 5.87. The standard InChI is InChI=1S/C19H25N5O/c1-15(25)22-18-11-19(21-14-20-18)23(2)17-9-6-10-24(13-17)12-16-7-4-3-5-8-16/h3-5,7-8,11,14,17H,6,9-10,12-13H2,1-2H3,(H,20,21,22,25). The second-order valence-electron chi connectivity index (χ2n) is 6.57. The molecule has 132 valence electrons. The van der Waals surface area contributed by atoms with Gasteiger partial charge in [-0.1, -0.05) is 30.3 Å². The number of amides is 1. The van der Waals surface area contributed by atoms with Crippen LogP contribution in [0.15, 0.2) is 42.7 Å². The zero-order chi connectivity index (χ0) is 17.6. The number of benzene rings is 1. The number of hydrogen-bond donors (Lipinski definition) is 1. The van der Waals surface area contributed by atoms with E-state index < -0.39 is 0 Å². The van der Waals surface area contributed by atoms with E-state index in [2.05, 4.69) is 62.5 Å². The van der Waals surface area contributed by atoms with Gasteiger partial charge in [-0.05, 0) is 24.9 Å². The highest BCUT2D eigenvalue weighted by Crippen LogP contribution is 2.22. The molecule has 0 spiro atoms. The molecule has 1 amide bonds. The molecule has 1 atom stereocenters. The van der Waals surface area contributed by atoms with Crippen LogP contribution in [-0.2, 0) is 11.3 Å². The van der Waals surface area contributed by atoms with Crippen molar-refractivity contribution in [2.45, 2.75) is 32.4 Å². The van der Waals surface area contributed by atoms with Crippen LogP contribution in [0.25, 0.3) is 0 Å². The lowest BCUT2D eigenvalue weighted by atomic mass is 10.0. The van der Waals surface area contributed by atoms with Crippen LogP contribution in [0.3, 0.4) is 0 Å². The van der Waals surface area contributed by atoms with Crippen LogP contribution < -0.4 is 10.2 Å². The van der Waals surface area contributed by atoms with Gasteiger partial charge in [0.15, 0.2) is 0 Å². The topological polar surface area (TPSA) is 61.4 Å². The largest absolute Gasteiger partial charge is 0.355 e. The summed E-state index contributed by atoms with van der Waals surface area (Å²) in [5.74, 6) is 1.26. The fourth-order valence-electron chi connectivity index (χ4n) is 3.31. The van der Waals surface area contributed by atoms with Gasteiger partial charge in [0.05, 0.1) is 0 Å². The van der Waals surface area contributed by atoms with Crippen LogP contribution in [0.4, 0.5) is 11.6 Å². The molecular formula is C19H25N5O. The van der Waals surface area contributed by atoms with E-state index >= 15 is 0 Å². The molecule has 1 unspecified atom stereocenters. The van der Waals surface area contributed by atoms with Gasteiger partial charge in [-0.15, -0.1) is 0 Å². The van der Waals surface area contributed by atoms with E-state index in [0.717, 1.165) is 31.9 Å². The minimum Gasteiger partial charge on any atom is -0.355 e. The fourth-order valence-corrected chi connectivity index (χ4v) is 3.31. The van der Waals surface area contributed by atoms with E-state index in [1.54, 1.807) is 0 Å². The van der Waals surface area contributed by atoms with Gasteiger partial charge in [0, 0.05) is 39.2 Å². The van der Waals surface area contributed by atoms with Gasteiger partial charge < -0.3 is 10.2 Å². The Balaban J connectivity index is 1.65. The summed E-state index contributed by atoms with van der Waals surface area (Å²) in [6.45, 7) is 4.59. The molecule has 6 nitrogen and oxygen atoms in total. The van der Waals surface area contributed by atoms with Crippen molar-refractivity contribution in [1.29, 1.82) is 0 Å². The van der Waals surface area contributed by atoms with Gasteiger partial charge in [0.25, 0.3) is 0 Å². The highest BCUT2D eigenvalue weighted by Gasteiger charge is 2.24. The summed E-state index contributed by atoms with van der Waals surface area (Å²) < 4.78 is 0. The van der Waals surface area contributed by atoms with Crippen LogP contribution in [0.2, 0.25) is 0 Å². The first-order valence-electron chi connectivity index (χ1n) is 8.70. The molecule has 1 aromatic carbocycles. The second-order valence-corrected chi connectivity index (χ2v) is 6.57. The number of nitrogens with zero attached hydrogens (tertiary/aromatic N) is 4. The molecule has 6 heteroatoms. The van der Waals surface area contributed by atoms with Crippen molar-refractivity contribution >= 4 is 17.5 Å². The maximum absolute atomic E-state index is 11.2. The maximum atomic E-state index is 11.2. The number of nitrogens with one attached hydrogen (secondary N) is 1.